The Bertz CT molecular complexity index is 371. The van der Waals surface area contributed by atoms with E-state index < -0.39 is 0 Å². The molecular weight excluding hydrogens is 227 g/mol. The van der Waals surface area contributed by atoms with Gasteiger partial charge in [0.1, 0.15) is 5.82 Å². The summed E-state index contributed by atoms with van der Waals surface area (Å²) in [5.41, 5.74) is 0.887. The Balaban J connectivity index is 2.52. The predicted octanol–water partition coefficient (Wildman–Crippen LogP) is 3.21. The number of nitrogens with one attached hydrogen (secondary N) is 1. The van der Waals surface area contributed by atoms with Crippen LogP contribution in [0.4, 0.5) is 4.39 Å². The van der Waals surface area contributed by atoms with Gasteiger partial charge in [-0.2, -0.15) is 0 Å². The van der Waals surface area contributed by atoms with Gasteiger partial charge in [0.2, 0.25) is 0 Å². The van der Waals surface area contributed by atoms with Gasteiger partial charge in [-0.1, -0.05) is 18.2 Å². The third-order valence-electron chi connectivity index (χ3n) is 3.14. The van der Waals surface area contributed by atoms with Crippen molar-refractivity contribution in [2.75, 3.05) is 20.1 Å². The van der Waals surface area contributed by atoms with Crippen LogP contribution < -0.4 is 5.32 Å². The summed E-state index contributed by atoms with van der Waals surface area (Å²) in [6.45, 7) is 10.3. The Morgan fingerprint density at radius 1 is 1.28 bits per heavy atom. The normalized spacial score (nSPS) is 13.9. The van der Waals surface area contributed by atoms with Gasteiger partial charge in [0, 0.05) is 30.2 Å². The van der Waals surface area contributed by atoms with E-state index >= 15 is 0 Å². The molecule has 0 bridgehead atoms. The van der Waals surface area contributed by atoms with E-state index in [0.29, 0.717) is 0 Å². The van der Waals surface area contributed by atoms with Gasteiger partial charge in [0.15, 0.2) is 0 Å². The van der Waals surface area contributed by atoms with Gasteiger partial charge >= 0.3 is 0 Å². The zero-order valence-corrected chi connectivity index (χ0v) is 12.1. The predicted molar refractivity (Wildman–Crippen MR) is 75.2 cm³/mol. The van der Waals surface area contributed by atoms with Crippen molar-refractivity contribution >= 4 is 0 Å². The molecule has 1 aromatic rings. The van der Waals surface area contributed by atoms with Crippen LogP contribution in [0.5, 0.6) is 0 Å². The Morgan fingerprint density at radius 3 is 2.44 bits per heavy atom. The van der Waals surface area contributed by atoms with Crippen molar-refractivity contribution in [2.45, 2.75) is 39.3 Å². The first-order valence-electron chi connectivity index (χ1n) is 6.51. The number of nitrogens with zero attached hydrogens (tertiary/aromatic N) is 1. The van der Waals surface area contributed by atoms with Gasteiger partial charge in [-0.05, 0) is 40.8 Å². The molecule has 18 heavy (non-hydrogen) atoms. The van der Waals surface area contributed by atoms with E-state index in [1.54, 1.807) is 6.07 Å². The summed E-state index contributed by atoms with van der Waals surface area (Å²) in [5, 5.41) is 3.44. The number of rotatable bonds is 5. The van der Waals surface area contributed by atoms with Crippen LogP contribution in [0.3, 0.4) is 0 Å². The third kappa shape index (κ3) is 4.75. The van der Waals surface area contributed by atoms with Crippen LogP contribution in [0.1, 0.15) is 39.3 Å². The van der Waals surface area contributed by atoms with Crippen LogP contribution in [0.2, 0.25) is 0 Å². The highest BCUT2D eigenvalue weighted by atomic mass is 19.1. The molecule has 0 saturated carbocycles. The third-order valence-corrected chi connectivity index (χ3v) is 3.14. The first-order chi connectivity index (χ1) is 8.31. The van der Waals surface area contributed by atoms with E-state index in [0.717, 1.165) is 18.7 Å². The maximum absolute atomic E-state index is 13.7. The molecule has 3 heteroatoms. The highest BCUT2D eigenvalue weighted by Gasteiger charge is 2.15. The first kappa shape index (κ1) is 15.1. The molecular formula is C15H25FN2. The largest absolute Gasteiger partial charge is 0.311 e. The van der Waals surface area contributed by atoms with Crippen molar-refractivity contribution in [1.82, 2.24) is 10.2 Å². The minimum absolute atomic E-state index is 0.0907. The molecule has 102 valence electrons. The molecule has 0 heterocycles. The quantitative estimate of drug-likeness (QED) is 0.865. The molecule has 1 N–H and O–H groups in total. The Labute approximate surface area is 110 Å². The van der Waals surface area contributed by atoms with Crippen molar-refractivity contribution in [1.29, 1.82) is 0 Å². The van der Waals surface area contributed by atoms with Crippen LogP contribution in [-0.4, -0.2) is 30.6 Å². The lowest BCUT2D eigenvalue weighted by molar-refractivity contribution is 0.246. The lowest BCUT2D eigenvalue weighted by Crippen LogP contribution is -2.41. The highest BCUT2D eigenvalue weighted by Crippen LogP contribution is 2.20. The van der Waals surface area contributed by atoms with Gasteiger partial charge < -0.3 is 5.32 Å². The second kappa shape index (κ2) is 6.30. The molecule has 0 aliphatic rings. The molecule has 0 aliphatic heterocycles. The smallest absolute Gasteiger partial charge is 0.127 e. The summed E-state index contributed by atoms with van der Waals surface area (Å²) in [5.74, 6) is -0.124. The maximum atomic E-state index is 13.7. The lowest BCUT2D eigenvalue weighted by Gasteiger charge is -2.28. The van der Waals surface area contributed by atoms with Crippen LogP contribution in [0, 0.1) is 5.82 Å². The summed E-state index contributed by atoms with van der Waals surface area (Å²) in [6, 6.07) is 7.08. The topological polar surface area (TPSA) is 15.3 Å². The number of benzene rings is 1. The molecule has 2 nitrogen and oxygen atoms in total. The molecule has 1 aromatic carbocycles. The average molecular weight is 252 g/mol. The van der Waals surface area contributed by atoms with E-state index in [-0.39, 0.29) is 17.4 Å². The number of likely N-dealkylation sites (N-methyl/N-ethyl adjacent to an activating group) is 1. The van der Waals surface area contributed by atoms with Gasteiger partial charge in [-0.15, -0.1) is 0 Å². The number of hydrogen-bond acceptors (Lipinski definition) is 2. The fourth-order valence-corrected chi connectivity index (χ4v) is 1.85. The number of hydrogen-bond donors (Lipinski definition) is 1. The van der Waals surface area contributed by atoms with Crippen LogP contribution in [0.15, 0.2) is 24.3 Å². The van der Waals surface area contributed by atoms with Gasteiger partial charge in [0.05, 0.1) is 0 Å². The Morgan fingerprint density at radius 2 is 1.89 bits per heavy atom. The minimum Gasteiger partial charge on any atom is -0.311 e. The zero-order valence-electron chi connectivity index (χ0n) is 12.1. The second-order valence-electron chi connectivity index (χ2n) is 5.85. The summed E-state index contributed by atoms with van der Waals surface area (Å²) in [7, 11) is 2.03. The van der Waals surface area contributed by atoms with Crippen LogP contribution in [0.25, 0.3) is 0 Å². The Kier molecular flexibility index (Phi) is 5.29. The van der Waals surface area contributed by atoms with Gasteiger partial charge in [-0.25, -0.2) is 4.39 Å². The molecule has 1 unspecified atom stereocenters. The first-order valence-corrected chi connectivity index (χ1v) is 6.51. The van der Waals surface area contributed by atoms with E-state index in [1.165, 1.54) is 6.07 Å². The van der Waals surface area contributed by atoms with E-state index in [2.05, 4.69) is 31.0 Å². The van der Waals surface area contributed by atoms with E-state index in [9.17, 15) is 4.39 Å². The number of halogens is 1. The monoisotopic (exact) mass is 252 g/mol. The molecule has 0 aliphatic carbocycles. The summed E-state index contributed by atoms with van der Waals surface area (Å²) in [4.78, 5) is 2.16. The van der Waals surface area contributed by atoms with Crippen molar-refractivity contribution < 1.29 is 4.39 Å². The zero-order chi connectivity index (χ0) is 13.8. The maximum Gasteiger partial charge on any atom is 0.127 e. The van der Waals surface area contributed by atoms with Gasteiger partial charge in [0.25, 0.3) is 0 Å². The Hall–Kier alpha value is -0.930. The fraction of sp³-hybridized carbons (Fsp3) is 0.600. The lowest BCUT2D eigenvalue weighted by atomic mass is 10.1. The standard InChI is InChI=1S/C15H25FN2/c1-12(13-8-6-7-9-14(13)16)18(5)11-10-17-15(2,3)4/h6-9,12,17H,10-11H2,1-5H3. The SMILES string of the molecule is CC(c1ccccc1F)N(C)CCNC(C)(C)C. The molecule has 0 fully saturated rings. The van der Waals surface area contributed by atoms with E-state index in [1.807, 2.05) is 26.1 Å². The minimum atomic E-state index is -0.124. The molecule has 0 amide bonds. The van der Waals surface area contributed by atoms with Crippen LogP contribution >= 0.6 is 0 Å². The second-order valence-corrected chi connectivity index (χ2v) is 5.85. The van der Waals surface area contributed by atoms with Crippen LogP contribution in [-0.2, 0) is 0 Å². The van der Waals surface area contributed by atoms with E-state index in [4.69, 9.17) is 0 Å². The van der Waals surface area contributed by atoms with Crippen molar-refractivity contribution in [3.8, 4) is 0 Å². The molecule has 1 atom stereocenters. The van der Waals surface area contributed by atoms with Crippen molar-refractivity contribution in [3.05, 3.63) is 35.6 Å². The highest BCUT2D eigenvalue weighted by molar-refractivity contribution is 5.20. The molecule has 0 radical (unpaired) electrons. The summed E-state index contributed by atoms with van der Waals surface area (Å²) >= 11 is 0. The van der Waals surface area contributed by atoms with Crippen molar-refractivity contribution in [2.24, 2.45) is 0 Å². The fourth-order valence-electron chi connectivity index (χ4n) is 1.85. The molecule has 0 aromatic heterocycles. The average Bonchev–Trinajstić information content (AvgIpc) is 2.27. The summed E-state index contributed by atoms with van der Waals surface area (Å²) in [6.07, 6.45) is 0. The molecule has 0 saturated heterocycles. The van der Waals surface area contributed by atoms with Gasteiger partial charge in [-0.3, -0.25) is 4.90 Å². The molecule has 1 rings (SSSR count). The summed E-state index contributed by atoms with van der Waals surface area (Å²) < 4.78 is 13.7. The molecule has 0 spiro atoms. The van der Waals surface area contributed by atoms with Crippen molar-refractivity contribution in [3.63, 3.8) is 0 Å².